The summed E-state index contributed by atoms with van der Waals surface area (Å²) < 4.78 is 7.09. The predicted octanol–water partition coefficient (Wildman–Crippen LogP) is 2.36. The molecule has 3 N–H and O–H groups in total. The summed E-state index contributed by atoms with van der Waals surface area (Å²) in [6.07, 6.45) is 5.16. The molecule has 0 atom stereocenters. The standard InChI is InChI=1S/C20H20N4O4/c1-28-15-6-7-16-17(8-15)19(25)21-9-13-10-24(23-18(13)16)11-22-14-4-2-12(3-5-14)20(26)27/h2-5,8,10,22H,6-7,9,11H2,1H3,(H,21,25)(H,26,27). The summed E-state index contributed by atoms with van der Waals surface area (Å²) in [4.78, 5) is 23.3. The van der Waals surface area contributed by atoms with E-state index in [1.54, 1.807) is 42.1 Å². The number of rotatable bonds is 5. The van der Waals surface area contributed by atoms with Crippen LogP contribution in [0.15, 0.2) is 47.9 Å². The number of aromatic carboxylic acids is 1. The Kier molecular flexibility index (Phi) is 4.60. The van der Waals surface area contributed by atoms with E-state index < -0.39 is 5.97 Å². The molecule has 0 radical (unpaired) electrons. The van der Waals surface area contributed by atoms with Crippen molar-refractivity contribution in [3.8, 4) is 0 Å². The second kappa shape index (κ2) is 7.22. The van der Waals surface area contributed by atoms with Crippen LogP contribution in [-0.2, 0) is 22.7 Å². The molecule has 1 amide bonds. The molecule has 0 unspecified atom stereocenters. The molecule has 0 bridgehead atoms. The number of amides is 1. The summed E-state index contributed by atoms with van der Waals surface area (Å²) in [5.74, 6) is -0.264. The SMILES string of the molecule is COC1=CC2=C(CC1)c1nn(CNc3ccc(C(=O)O)cc3)cc1CNC2=O. The Morgan fingerprint density at radius 1 is 1.32 bits per heavy atom. The molecule has 1 aliphatic heterocycles. The monoisotopic (exact) mass is 380 g/mol. The molecule has 2 aliphatic rings. The van der Waals surface area contributed by atoms with Crippen molar-refractivity contribution in [1.29, 1.82) is 0 Å². The van der Waals surface area contributed by atoms with Crippen LogP contribution in [0.2, 0.25) is 0 Å². The number of methoxy groups -OCH3 is 1. The Labute approximate surface area is 161 Å². The van der Waals surface area contributed by atoms with Crippen LogP contribution in [-0.4, -0.2) is 33.9 Å². The minimum Gasteiger partial charge on any atom is -0.501 e. The lowest BCUT2D eigenvalue weighted by atomic mass is 9.93. The average molecular weight is 380 g/mol. The first-order chi connectivity index (χ1) is 13.5. The number of ether oxygens (including phenoxy) is 1. The largest absolute Gasteiger partial charge is 0.501 e. The molecule has 144 valence electrons. The molecule has 0 saturated carbocycles. The van der Waals surface area contributed by atoms with Gasteiger partial charge in [-0.05, 0) is 42.3 Å². The maximum Gasteiger partial charge on any atom is 0.335 e. The van der Waals surface area contributed by atoms with E-state index in [0.29, 0.717) is 25.2 Å². The molecule has 8 heteroatoms. The Balaban J connectivity index is 1.56. The zero-order valence-corrected chi connectivity index (χ0v) is 15.4. The molecule has 1 aromatic carbocycles. The highest BCUT2D eigenvalue weighted by molar-refractivity contribution is 6.05. The number of anilines is 1. The number of nitrogens with zero attached hydrogens (tertiary/aromatic N) is 2. The van der Waals surface area contributed by atoms with Crippen LogP contribution in [0.3, 0.4) is 0 Å². The molecule has 0 spiro atoms. The molecule has 0 fully saturated rings. The van der Waals surface area contributed by atoms with Gasteiger partial charge in [0.2, 0.25) is 0 Å². The van der Waals surface area contributed by atoms with Crippen molar-refractivity contribution < 1.29 is 19.4 Å². The number of carboxylic acid groups (broad SMARTS) is 1. The van der Waals surface area contributed by atoms with Crippen LogP contribution in [0.4, 0.5) is 5.69 Å². The zero-order chi connectivity index (χ0) is 19.7. The Morgan fingerprint density at radius 3 is 2.82 bits per heavy atom. The molecule has 2 heterocycles. The van der Waals surface area contributed by atoms with Gasteiger partial charge < -0.3 is 20.5 Å². The maximum absolute atomic E-state index is 12.4. The van der Waals surface area contributed by atoms with Crippen molar-refractivity contribution in [2.45, 2.75) is 26.1 Å². The molecular weight excluding hydrogens is 360 g/mol. The van der Waals surface area contributed by atoms with E-state index >= 15 is 0 Å². The summed E-state index contributed by atoms with van der Waals surface area (Å²) >= 11 is 0. The first-order valence-electron chi connectivity index (χ1n) is 8.95. The van der Waals surface area contributed by atoms with E-state index in [-0.39, 0.29) is 11.5 Å². The third kappa shape index (κ3) is 3.36. The number of carboxylic acids is 1. The van der Waals surface area contributed by atoms with Gasteiger partial charge in [0.05, 0.1) is 24.1 Å². The van der Waals surface area contributed by atoms with E-state index in [1.165, 1.54) is 0 Å². The Bertz CT molecular complexity index is 1000. The van der Waals surface area contributed by atoms with Crippen molar-refractivity contribution in [3.05, 3.63) is 64.7 Å². The second-order valence-corrected chi connectivity index (χ2v) is 6.65. The predicted molar refractivity (Wildman–Crippen MR) is 102 cm³/mol. The number of hydrogen-bond donors (Lipinski definition) is 3. The van der Waals surface area contributed by atoms with Gasteiger partial charge in [-0.25, -0.2) is 4.79 Å². The van der Waals surface area contributed by atoms with Crippen LogP contribution < -0.4 is 10.6 Å². The number of carbonyl (C=O) groups is 2. The molecule has 1 aliphatic carbocycles. The van der Waals surface area contributed by atoms with Gasteiger partial charge in [-0.2, -0.15) is 5.10 Å². The minimum atomic E-state index is -0.952. The average Bonchev–Trinajstić information content (AvgIpc) is 3.08. The van der Waals surface area contributed by atoms with Gasteiger partial charge in [0.1, 0.15) is 6.67 Å². The van der Waals surface area contributed by atoms with E-state index in [4.69, 9.17) is 9.84 Å². The number of fused-ring (bicyclic) bond motifs is 2. The first kappa shape index (κ1) is 17.8. The smallest absolute Gasteiger partial charge is 0.335 e. The van der Waals surface area contributed by atoms with E-state index in [2.05, 4.69) is 15.7 Å². The van der Waals surface area contributed by atoms with Crippen LogP contribution >= 0.6 is 0 Å². The topological polar surface area (TPSA) is 105 Å². The van der Waals surface area contributed by atoms with Crippen molar-refractivity contribution in [2.24, 2.45) is 0 Å². The fourth-order valence-corrected chi connectivity index (χ4v) is 3.41. The normalized spacial score (nSPS) is 15.8. The van der Waals surface area contributed by atoms with Gasteiger partial charge in [0.25, 0.3) is 5.91 Å². The maximum atomic E-state index is 12.4. The lowest BCUT2D eigenvalue weighted by Crippen LogP contribution is -2.23. The fraction of sp³-hybridized carbons (Fsp3) is 0.250. The highest BCUT2D eigenvalue weighted by Crippen LogP contribution is 2.34. The molecule has 4 rings (SSSR count). The van der Waals surface area contributed by atoms with Gasteiger partial charge in [-0.3, -0.25) is 9.48 Å². The van der Waals surface area contributed by atoms with Crippen LogP contribution in [0.25, 0.3) is 5.57 Å². The van der Waals surface area contributed by atoms with Gasteiger partial charge in [0.15, 0.2) is 0 Å². The van der Waals surface area contributed by atoms with Crippen LogP contribution in [0, 0.1) is 0 Å². The quantitative estimate of drug-likeness (QED) is 0.735. The van der Waals surface area contributed by atoms with Crippen molar-refractivity contribution in [2.75, 3.05) is 12.4 Å². The Morgan fingerprint density at radius 2 is 2.11 bits per heavy atom. The summed E-state index contributed by atoms with van der Waals surface area (Å²) in [5, 5.41) is 19.8. The number of aromatic nitrogens is 2. The lowest BCUT2D eigenvalue weighted by molar-refractivity contribution is -0.117. The first-order valence-corrected chi connectivity index (χ1v) is 8.95. The summed E-state index contributed by atoms with van der Waals surface area (Å²) in [6.45, 7) is 0.847. The van der Waals surface area contributed by atoms with Gasteiger partial charge in [-0.15, -0.1) is 0 Å². The summed E-state index contributed by atoms with van der Waals surface area (Å²) in [6, 6.07) is 6.54. The fourth-order valence-electron chi connectivity index (χ4n) is 3.41. The van der Waals surface area contributed by atoms with Gasteiger partial charge in [-0.1, -0.05) is 0 Å². The van der Waals surface area contributed by atoms with E-state index in [1.807, 2.05) is 6.20 Å². The lowest BCUT2D eigenvalue weighted by Gasteiger charge is -2.16. The number of benzene rings is 1. The Hall–Kier alpha value is -3.55. The van der Waals surface area contributed by atoms with Gasteiger partial charge >= 0.3 is 5.97 Å². The van der Waals surface area contributed by atoms with Crippen molar-refractivity contribution in [3.63, 3.8) is 0 Å². The number of allylic oxidation sites excluding steroid dienone is 2. The van der Waals surface area contributed by atoms with Crippen molar-refractivity contribution in [1.82, 2.24) is 15.1 Å². The number of carbonyl (C=O) groups excluding carboxylic acids is 1. The zero-order valence-electron chi connectivity index (χ0n) is 15.4. The molecule has 28 heavy (non-hydrogen) atoms. The molecule has 2 aromatic rings. The van der Waals surface area contributed by atoms with Crippen molar-refractivity contribution >= 4 is 23.1 Å². The highest BCUT2D eigenvalue weighted by atomic mass is 16.5. The molecule has 0 saturated heterocycles. The third-order valence-corrected chi connectivity index (χ3v) is 4.90. The second-order valence-electron chi connectivity index (χ2n) is 6.65. The highest BCUT2D eigenvalue weighted by Gasteiger charge is 2.27. The number of hydrogen-bond acceptors (Lipinski definition) is 5. The summed E-state index contributed by atoms with van der Waals surface area (Å²) in [7, 11) is 1.61. The van der Waals surface area contributed by atoms with Gasteiger partial charge in [0, 0.05) is 36.0 Å². The molecule has 1 aromatic heterocycles. The van der Waals surface area contributed by atoms with Crippen LogP contribution in [0.1, 0.15) is 34.5 Å². The van der Waals surface area contributed by atoms with E-state index in [0.717, 1.165) is 34.7 Å². The third-order valence-electron chi connectivity index (χ3n) is 4.90. The van der Waals surface area contributed by atoms with E-state index in [9.17, 15) is 9.59 Å². The number of nitrogens with one attached hydrogen (secondary N) is 2. The molecule has 8 nitrogen and oxygen atoms in total. The minimum absolute atomic E-state index is 0.106. The summed E-state index contributed by atoms with van der Waals surface area (Å²) in [5.41, 5.74) is 4.40. The molecular formula is C20H20N4O4. The van der Waals surface area contributed by atoms with Crippen LogP contribution in [0.5, 0.6) is 0 Å².